The second kappa shape index (κ2) is 9.09. The monoisotopic (exact) mass is 479 g/mol. The summed E-state index contributed by atoms with van der Waals surface area (Å²) in [6.45, 7) is 0.914. The van der Waals surface area contributed by atoms with Gasteiger partial charge in [0.2, 0.25) is 5.91 Å². The summed E-state index contributed by atoms with van der Waals surface area (Å²) in [5.41, 5.74) is 2.18. The van der Waals surface area contributed by atoms with Gasteiger partial charge in [0.25, 0.3) is 11.8 Å². The molecule has 2 aromatic carbocycles. The van der Waals surface area contributed by atoms with Crippen molar-refractivity contribution in [2.24, 2.45) is 0 Å². The fourth-order valence-electron chi connectivity index (χ4n) is 4.22. The maximum atomic E-state index is 13.5. The molecule has 3 aliphatic rings. The van der Waals surface area contributed by atoms with Gasteiger partial charge >= 0.3 is 0 Å². The maximum Gasteiger partial charge on any atom is 0.267 e. The molecule has 3 aliphatic heterocycles. The van der Waals surface area contributed by atoms with Crippen LogP contribution in [0, 0.1) is 0 Å². The second-order valence-corrected chi connectivity index (χ2v) is 9.59. The molecule has 5 rings (SSSR count). The Labute approximate surface area is 200 Å². The van der Waals surface area contributed by atoms with E-state index in [1.165, 1.54) is 9.80 Å². The van der Waals surface area contributed by atoms with Gasteiger partial charge in [-0.2, -0.15) is 0 Å². The van der Waals surface area contributed by atoms with Crippen molar-refractivity contribution in [3.63, 3.8) is 0 Å². The van der Waals surface area contributed by atoms with Crippen LogP contribution in [0.15, 0.2) is 59.5 Å². The predicted molar refractivity (Wildman–Crippen MR) is 132 cm³/mol. The Kier molecular flexibility index (Phi) is 6.01. The summed E-state index contributed by atoms with van der Waals surface area (Å²) in [6, 6.07) is 16.3. The Balaban J connectivity index is 1.42. The fraction of sp³-hybridized carbons (Fsp3) is 0.250. The number of ether oxygens (including phenoxy) is 1. The maximum absolute atomic E-state index is 13.5. The predicted octanol–water partition coefficient (Wildman–Crippen LogP) is 3.42. The van der Waals surface area contributed by atoms with Crippen molar-refractivity contribution in [1.82, 2.24) is 4.90 Å². The minimum Gasteiger partial charge on any atom is -0.376 e. The molecule has 168 valence electrons. The number of hydrogen-bond donors (Lipinski definition) is 1. The number of anilines is 2. The van der Waals surface area contributed by atoms with E-state index in [0.29, 0.717) is 44.9 Å². The molecule has 7 nitrogen and oxygen atoms in total. The zero-order valence-electron chi connectivity index (χ0n) is 17.7. The van der Waals surface area contributed by atoms with Crippen molar-refractivity contribution in [2.75, 3.05) is 29.9 Å². The number of carbonyl (C=O) groups excluding carboxylic acids is 3. The van der Waals surface area contributed by atoms with Crippen LogP contribution in [0.2, 0.25) is 0 Å². The van der Waals surface area contributed by atoms with Crippen molar-refractivity contribution in [1.29, 1.82) is 0 Å². The van der Waals surface area contributed by atoms with Crippen molar-refractivity contribution in [3.05, 3.63) is 65.1 Å². The van der Waals surface area contributed by atoms with E-state index in [9.17, 15) is 14.4 Å². The lowest BCUT2D eigenvalue weighted by Gasteiger charge is -2.18. The summed E-state index contributed by atoms with van der Waals surface area (Å²) in [5, 5.41) is 2.80. The van der Waals surface area contributed by atoms with Gasteiger partial charge < -0.3 is 10.1 Å². The zero-order chi connectivity index (χ0) is 22.9. The highest BCUT2D eigenvalue weighted by molar-refractivity contribution is 8.26. The van der Waals surface area contributed by atoms with E-state index in [1.54, 1.807) is 30.3 Å². The summed E-state index contributed by atoms with van der Waals surface area (Å²) < 4.78 is 6.08. The highest BCUT2D eigenvalue weighted by atomic mass is 32.2. The van der Waals surface area contributed by atoms with Crippen LogP contribution in [0.25, 0.3) is 5.57 Å². The van der Waals surface area contributed by atoms with Crippen LogP contribution >= 0.6 is 24.0 Å². The number of fused-ring (bicyclic) bond motifs is 1. The number of thiocarbonyl (C=S) groups is 1. The van der Waals surface area contributed by atoms with E-state index in [0.717, 1.165) is 24.6 Å². The number of hydrogen-bond acceptors (Lipinski definition) is 6. The number of rotatable bonds is 5. The third kappa shape index (κ3) is 4.19. The molecule has 33 heavy (non-hydrogen) atoms. The normalized spacial score (nSPS) is 22.3. The minimum absolute atomic E-state index is 0.0402. The van der Waals surface area contributed by atoms with Crippen LogP contribution in [-0.2, 0) is 19.1 Å². The van der Waals surface area contributed by atoms with Crippen molar-refractivity contribution in [3.8, 4) is 0 Å². The molecule has 3 heterocycles. The summed E-state index contributed by atoms with van der Waals surface area (Å²) in [7, 11) is 0. The zero-order valence-corrected chi connectivity index (χ0v) is 19.3. The van der Waals surface area contributed by atoms with Crippen LogP contribution in [0.4, 0.5) is 11.4 Å². The highest BCUT2D eigenvalue weighted by Crippen LogP contribution is 2.44. The molecule has 9 heteroatoms. The van der Waals surface area contributed by atoms with Crippen LogP contribution in [0.3, 0.4) is 0 Å². The van der Waals surface area contributed by atoms with E-state index in [1.807, 2.05) is 24.3 Å². The van der Waals surface area contributed by atoms with Crippen LogP contribution in [0.1, 0.15) is 18.4 Å². The molecule has 0 bridgehead atoms. The standard InChI is InChI=1S/C24H21N3O4S2/c28-19(25-15-7-2-1-3-8-15)14-26-18-11-5-4-10-17(18)20(22(26)29)21-23(30)27(24(32)33-21)13-16-9-6-12-31-16/h1-5,7-8,10-11,16H,6,9,12-14H2,(H,25,28)/b21-20-. The van der Waals surface area contributed by atoms with E-state index < -0.39 is 0 Å². The van der Waals surface area contributed by atoms with Gasteiger partial charge in [-0.1, -0.05) is 60.4 Å². The second-order valence-electron chi connectivity index (χ2n) is 7.95. The van der Waals surface area contributed by atoms with Crippen LogP contribution < -0.4 is 10.2 Å². The lowest BCUT2D eigenvalue weighted by Crippen LogP contribution is -2.36. The van der Waals surface area contributed by atoms with Crippen LogP contribution in [-0.4, -0.2) is 52.7 Å². The first-order chi connectivity index (χ1) is 16.0. The third-order valence-electron chi connectivity index (χ3n) is 5.77. The quantitative estimate of drug-likeness (QED) is 0.523. The van der Waals surface area contributed by atoms with Gasteiger partial charge in [-0.15, -0.1) is 0 Å². The van der Waals surface area contributed by atoms with E-state index in [-0.39, 0.29) is 30.4 Å². The largest absolute Gasteiger partial charge is 0.376 e. The number of nitrogens with zero attached hydrogens (tertiary/aromatic N) is 2. The number of nitrogens with one attached hydrogen (secondary N) is 1. The summed E-state index contributed by atoms with van der Waals surface area (Å²) in [4.78, 5) is 42.7. The Hall–Kier alpha value is -3.01. The van der Waals surface area contributed by atoms with Gasteiger partial charge in [0, 0.05) is 17.9 Å². The SMILES string of the molecule is O=C(CN1C(=O)/C(=C2\SC(=S)N(CC3CCCO3)C2=O)c2ccccc21)Nc1ccccc1. The first kappa shape index (κ1) is 21.8. The summed E-state index contributed by atoms with van der Waals surface area (Å²) in [6.07, 6.45) is 1.81. The van der Waals surface area contributed by atoms with Crippen molar-refractivity contribution in [2.45, 2.75) is 18.9 Å². The number of thioether (sulfide) groups is 1. The molecular formula is C24H21N3O4S2. The van der Waals surface area contributed by atoms with Crippen LogP contribution in [0.5, 0.6) is 0 Å². The summed E-state index contributed by atoms with van der Waals surface area (Å²) >= 11 is 6.60. The molecule has 3 amide bonds. The van der Waals surface area contributed by atoms with Gasteiger partial charge in [-0.05, 0) is 31.0 Å². The Morgan fingerprint density at radius 2 is 1.82 bits per heavy atom. The van der Waals surface area contributed by atoms with E-state index in [4.69, 9.17) is 17.0 Å². The van der Waals surface area contributed by atoms with Gasteiger partial charge in [-0.3, -0.25) is 24.2 Å². The van der Waals surface area contributed by atoms with Crippen molar-refractivity contribution < 1.29 is 19.1 Å². The Morgan fingerprint density at radius 1 is 1.06 bits per heavy atom. The molecule has 0 aromatic heterocycles. The lowest BCUT2D eigenvalue weighted by molar-refractivity contribution is -0.123. The lowest BCUT2D eigenvalue weighted by atomic mass is 10.1. The first-order valence-electron chi connectivity index (χ1n) is 10.7. The fourth-order valence-corrected chi connectivity index (χ4v) is 5.57. The molecule has 0 spiro atoms. The van der Waals surface area contributed by atoms with Gasteiger partial charge in [0.15, 0.2) is 0 Å². The highest BCUT2D eigenvalue weighted by Gasteiger charge is 2.43. The number of para-hydroxylation sites is 2. The molecule has 0 aliphatic carbocycles. The molecule has 1 unspecified atom stereocenters. The van der Waals surface area contributed by atoms with Gasteiger partial charge in [0.05, 0.1) is 28.8 Å². The molecule has 2 saturated heterocycles. The van der Waals surface area contributed by atoms with E-state index in [2.05, 4.69) is 5.32 Å². The molecule has 2 fully saturated rings. The van der Waals surface area contributed by atoms with Gasteiger partial charge in [-0.25, -0.2) is 0 Å². The molecular weight excluding hydrogens is 458 g/mol. The topological polar surface area (TPSA) is 79.0 Å². The molecule has 0 radical (unpaired) electrons. The molecule has 1 N–H and O–H groups in total. The van der Waals surface area contributed by atoms with E-state index >= 15 is 0 Å². The Bertz CT molecular complexity index is 1180. The molecule has 1 atom stereocenters. The average molecular weight is 480 g/mol. The summed E-state index contributed by atoms with van der Waals surface area (Å²) in [5.74, 6) is -0.984. The molecule has 2 aromatic rings. The first-order valence-corrected chi connectivity index (χ1v) is 11.9. The average Bonchev–Trinajstić information content (AvgIpc) is 3.49. The van der Waals surface area contributed by atoms with Crippen molar-refractivity contribution >= 4 is 63.0 Å². The number of amides is 3. The number of carbonyl (C=O) groups is 3. The Morgan fingerprint density at radius 3 is 2.58 bits per heavy atom. The smallest absolute Gasteiger partial charge is 0.267 e. The number of benzene rings is 2. The molecule has 0 saturated carbocycles. The third-order valence-corrected chi connectivity index (χ3v) is 7.22. The minimum atomic E-state index is -0.378. The van der Waals surface area contributed by atoms with Gasteiger partial charge in [0.1, 0.15) is 10.9 Å².